The molecule has 1 aliphatic rings. The zero-order valence-electron chi connectivity index (χ0n) is 11.2. The molecule has 4 heteroatoms. The van der Waals surface area contributed by atoms with Gasteiger partial charge in [0, 0.05) is 12.0 Å². The summed E-state index contributed by atoms with van der Waals surface area (Å²) in [7, 11) is 0. The third-order valence-electron chi connectivity index (χ3n) is 4.31. The quantitative estimate of drug-likeness (QED) is 0.904. The minimum absolute atomic E-state index is 0.00979. The molecule has 0 heterocycles. The summed E-state index contributed by atoms with van der Waals surface area (Å²) in [6.45, 7) is 0.0965. The minimum Gasteiger partial charge on any atom is -0.435 e. The van der Waals surface area contributed by atoms with E-state index in [1.54, 1.807) is 12.1 Å². The zero-order chi connectivity index (χ0) is 13.9. The lowest BCUT2D eigenvalue weighted by Gasteiger charge is -2.39. The molecule has 0 amide bonds. The molecule has 0 saturated heterocycles. The van der Waals surface area contributed by atoms with Gasteiger partial charge in [-0.25, -0.2) is 0 Å². The van der Waals surface area contributed by atoms with Crippen LogP contribution >= 0.6 is 0 Å². The van der Waals surface area contributed by atoms with E-state index in [2.05, 4.69) is 11.7 Å². The topological polar surface area (TPSA) is 35.2 Å². The second-order valence-corrected chi connectivity index (χ2v) is 5.57. The van der Waals surface area contributed by atoms with Crippen LogP contribution in [0.4, 0.5) is 8.78 Å². The summed E-state index contributed by atoms with van der Waals surface area (Å²) in [5.41, 5.74) is 7.14. The fourth-order valence-corrected chi connectivity index (χ4v) is 2.92. The zero-order valence-corrected chi connectivity index (χ0v) is 11.2. The molecule has 19 heavy (non-hydrogen) atoms. The Balaban J connectivity index is 2.15. The van der Waals surface area contributed by atoms with Crippen LogP contribution in [0.15, 0.2) is 24.3 Å². The highest BCUT2D eigenvalue weighted by atomic mass is 19.3. The molecule has 0 aromatic heterocycles. The molecular formula is C15H21F2NO. The Morgan fingerprint density at radius 3 is 2.32 bits per heavy atom. The summed E-state index contributed by atoms with van der Waals surface area (Å²) in [4.78, 5) is 0. The lowest BCUT2D eigenvalue weighted by atomic mass is 9.67. The van der Waals surface area contributed by atoms with Crippen molar-refractivity contribution in [3.8, 4) is 5.75 Å². The second kappa shape index (κ2) is 5.87. The Morgan fingerprint density at radius 2 is 1.84 bits per heavy atom. The van der Waals surface area contributed by atoms with Gasteiger partial charge in [-0.1, -0.05) is 19.1 Å². The van der Waals surface area contributed by atoms with Crippen LogP contribution in [-0.4, -0.2) is 13.2 Å². The normalized spacial score (nSPS) is 27.5. The number of halogens is 2. The molecule has 0 bridgehead atoms. The third-order valence-corrected chi connectivity index (χ3v) is 4.31. The lowest BCUT2D eigenvalue weighted by molar-refractivity contribution is -0.0498. The van der Waals surface area contributed by atoms with Crippen molar-refractivity contribution in [3.05, 3.63) is 29.8 Å². The molecular weight excluding hydrogens is 248 g/mol. The summed E-state index contributed by atoms with van der Waals surface area (Å²) >= 11 is 0. The van der Waals surface area contributed by atoms with E-state index in [0.29, 0.717) is 6.54 Å². The first-order valence-electron chi connectivity index (χ1n) is 6.81. The molecule has 1 saturated carbocycles. The highest BCUT2D eigenvalue weighted by molar-refractivity contribution is 5.33. The van der Waals surface area contributed by atoms with Gasteiger partial charge in [0.2, 0.25) is 0 Å². The van der Waals surface area contributed by atoms with Gasteiger partial charge in [-0.2, -0.15) is 8.78 Å². The van der Waals surface area contributed by atoms with Crippen LogP contribution in [0.2, 0.25) is 0 Å². The predicted molar refractivity (Wildman–Crippen MR) is 71.4 cm³/mol. The maximum atomic E-state index is 12.1. The molecule has 0 spiro atoms. The van der Waals surface area contributed by atoms with Gasteiger partial charge < -0.3 is 10.5 Å². The van der Waals surface area contributed by atoms with Gasteiger partial charge in [0.25, 0.3) is 0 Å². The van der Waals surface area contributed by atoms with Crippen LogP contribution in [-0.2, 0) is 5.41 Å². The smallest absolute Gasteiger partial charge is 0.387 e. The standard InChI is InChI=1S/C15H21F2NO/c1-11-6-8-15(10-18,9-7-11)12-2-4-13(5-3-12)19-14(16)17/h2-5,11,14H,6-10,18H2,1H3. The largest absolute Gasteiger partial charge is 0.435 e. The van der Waals surface area contributed by atoms with Gasteiger partial charge >= 0.3 is 6.61 Å². The van der Waals surface area contributed by atoms with Crippen molar-refractivity contribution in [2.75, 3.05) is 6.54 Å². The van der Waals surface area contributed by atoms with E-state index in [0.717, 1.165) is 24.3 Å². The maximum Gasteiger partial charge on any atom is 0.387 e. The molecule has 1 aromatic rings. The van der Waals surface area contributed by atoms with Gasteiger partial charge in [-0.3, -0.25) is 0 Å². The Bertz CT molecular complexity index is 397. The fourth-order valence-electron chi connectivity index (χ4n) is 2.92. The summed E-state index contributed by atoms with van der Waals surface area (Å²) < 4.78 is 28.6. The number of alkyl halides is 2. The van der Waals surface area contributed by atoms with Gasteiger partial charge in [0.1, 0.15) is 5.75 Å². The van der Waals surface area contributed by atoms with Crippen molar-refractivity contribution in [1.29, 1.82) is 0 Å². The van der Waals surface area contributed by atoms with Gasteiger partial charge in [0.15, 0.2) is 0 Å². The van der Waals surface area contributed by atoms with E-state index in [-0.39, 0.29) is 11.2 Å². The fraction of sp³-hybridized carbons (Fsp3) is 0.600. The first-order chi connectivity index (χ1) is 9.05. The molecule has 2 nitrogen and oxygen atoms in total. The monoisotopic (exact) mass is 269 g/mol. The van der Waals surface area contributed by atoms with Crippen LogP contribution in [0, 0.1) is 5.92 Å². The molecule has 0 unspecified atom stereocenters. The summed E-state index contributed by atoms with van der Waals surface area (Å²) in [5.74, 6) is 0.955. The minimum atomic E-state index is -2.77. The van der Waals surface area contributed by atoms with E-state index in [4.69, 9.17) is 5.73 Å². The number of hydrogen-bond acceptors (Lipinski definition) is 2. The molecule has 0 aliphatic heterocycles. The Labute approximate surface area is 112 Å². The van der Waals surface area contributed by atoms with Crippen molar-refractivity contribution < 1.29 is 13.5 Å². The van der Waals surface area contributed by atoms with E-state index >= 15 is 0 Å². The van der Waals surface area contributed by atoms with Crippen molar-refractivity contribution in [1.82, 2.24) is 0 Å². The van der Waals surface area contributed by atoms with Crippen molar-refractivity contribution in [2.45, 2.75) is 44.6 Å². The molecule has 1 fully saturated rings. The highest BCUT2D eigenvalue weighted by Crippen LogP contribution is 2.41. The average Bonchev–Trinajstić information content (AvgIpc) is 2.40. The van der Waals surface area contributed by atoms with Crippen LogP contribution in [0.3, 0.4) is 0 Å². The predicted octanol–water partition coefficient (Wildman–Crippen LogP) is 3.69. The average molecular weight is 269 g/mol. The van der Waals surface area contributed by atoms with Gasteiger partial charge in [0.05, 0.1) is 0 Å². The number of hydrogen-bond donors (Lipinski definition) is 1. The molecule has 0 atom stereocenters. The molecule has 1 aliphatic carbocycles. The SMILES string of the molecule is CC1CCC(CN)(c2ccc(OC(F)F)cc2)CC1. The number of ether oxygens (including phenoxy) is 1. The molecule has 2 N–H and O–H groups in total. The van der Waals surface area contributed by atoms with Crippen LogP contribution in [0.25, 0.3) is 0 Å². The summed E-state index contributed by atoms with van der Waals surface area (Å²) in [5, 5.41) is 0. The molecule has 106 valence electrons. The van der Waals surface area contributed by atoms with E-state index in [9.17, 15) is 8.78 Å². The van der Waals surface area contributed by atoms with Crippen molar-refractivity contribution >= 4 is 0 Å². The van der Waals surface area contributed by atoms with Gasteiger partial charge in [-0.15, -0.1) is 0 Å². The number of rotatable bonds is 4. The third kappa shape index (κ3) is 3.24. The first-order valence-corrected chi connectivity index (χ1v) is 6.81. The number of nitrogens with two attached hydrogens (primary N) is 1. The van der Waals surface area contributed by atoms with E-state index in [1.807, 2.05) is 12.1 Å². The molecule has 2 rings (SSSR count). The number of benzene rings is 1. The van der Waals surface area contributed by atoms with Crippen LogP contribution in [0.5, 0.6) is 5.75 Å². The van der Waals surface area contributed by atoms with Crippen LogP contribution in [0.1, 0.15) is 38.2 Å². The Morgan fingerprint density at radius 1 is 1.26 bits per heavy atom. The highest BCUT2D eigenvalue weighted by Gasteiger charge is 2.34. The van der Waals surface area contributed by atoms with Gasteiger partial charge in [-0.05, 0) is 49.3 Å². The molecule has 0 radical (unpaired) electrons. The summed E-state index contributed by atoms with van der Waals surface area (Å²) in [6.07, 6.45) is 4.48. The van der Waals surface area contributed by atoms with E-state index in [1.165, 1.54) is 12.8 Å². The second-order valence-electron chi connectivity index (χ2n) is 5.57. The van der Waals surface area contributed by atoms with Crippen LogP contribution < -0.4 is 10.5 Å². The first kappa shape index (κ1) is 14.3. The Hall–Kier alpha value is -1.16. The summed E-state index contributed by atoms with van der Waals surface area (Å²) in [6, 6.07) is 6.97. The van der Waals surface area contributed by atoms with Crippen molar-refractivity contribution in [3.63, 3.8) is 0 Å². The maximum absolute atomic E-state index is 12.1. The molecule has 1 aromatic carbocycles. The van der Waals surface area contributed by atoms with E-state index < -0.39 is 6.61 Å². The Kier molecular flexibility index (Phi) is 4.40. The van der Waals surface area contributed by atoms with Crippen molar-refractivity contribution in [2.24, 2.45) is 11.7 Å². The lowest BCUT2D eigenvalue weighted by Crippen LogP contribution is -2.38.